The lowest BCUT2D eigenvalue weighted by Gasteiger charge is -2.46. The predicted molar refractivity (Wildman–Crippen MR) is 43.8 cm³/mol. The van der Waals surface area contributed by atoms with E-state index in [1.165, 1.54) is 19.3 Å². The molecule has 0 heterocycles. The van der Waals surface area contributed by atoms with Gasteiger partial charge in [0.15, 0.2) is 0 Å². The maximum absolute atomic E-state index is 2.50. The molecule has 3 fully saturated rings. The van der Waals surface area contributed by atoms with Gasteiger partial charge in [0, 0.05) is 0 Å². The largest absolute Gasteiger partial charge is 0.0651 e. The SMILES string of the molecule is CCC1C2CC(C)C1(C)C2. The minimum absolute atomic E-state index is 0.763. The smallest absolute Gasteiger partial charge is 0.0266 e. The highest BCUT2D eigenvalue weighted by molar-refractivity contribution is 5.07. The predicted octanol–water partition coefficient (Wildman–Crippen LogP) is 3.08. The molecule has 10 heavy (non-hydrogen) atoms. The normalized spacial score (nSPS) is 58.5. The zero-order valence-corrected chi connectivity index (χ0v) is 7.35. The summed E-state index contributed by atoms with van der Waals surface area (Å²) in [6.07, 6.45) is 4.48. The van der Waals surface area contributed by atoms with Crippen molar-refractivity contribution in [2.75, 3.05) is 0 Å². The fourth-order valence-corrected chi connectivity index (χ4v) is 3.57. The third-order valence-electron chi connectivity index (χ3n) is 4.34. The van der Waals surface area contributed by atoms with Crippen LogP contribution in [0, 0.1) is 23.2 Å². The Bertz CT molecular complexity index is 148. The van der Waals surface area contributed by atoms with Gasteiger partial charge in [0.05, 0.1) is 0 Å². The van der Waals surface area contributed by atoms with Crippen molar-refractivity contribution in [2.24, 2.45) is 23.2 Å². The monoisotopic (exact) mass is 138 g/mol. The minimum atomic E-state index is 0.763. The van der Waals surface area contributed by atoms with E-state index in [4.69, 9.17) is 0 Å². The van der Waals surface area contributed by atoms with Gasteiger partial charge >= 0.3 is 0 Å². The minimum Gasteiger partial charge on any atom is -0.0651 e. The van der Waals surface area contributed by atoms with Gasteiger partial charge in [-0.1, -0.05) is 27.2 Å². The summed E-state index contributed by atoms with van der Waals surface area (Å²) in [7, 11) is 0. The molecule has 3 rings (SSSR count). The van der Waals surface area contributed by atoms with E-state index in [0.29, 0.717) is 0 Å². The highest BCUT2D eigenvalue weighted by Gasteiger charge is 2.58. The van der Waals surface area contributed by atoms with Gasteiger partial charge in [-0.15, -0.1) is 0 Å². The lowest BCUT2D eigenvalue weighted by molar-refractivity contribution is 0.0259. The summed E-state index contributed by atoms with van der Waals surface area (Å²) >= 11 is 0. The van der Waals surface area contributed by atoms with E-state index in [-0.39, 0.29) is 0 Å². The highest BCUT2D eigenvalue weighted by Crippen LogP contribution is 2.66. The third-order valence-corrected chi connectivity index (χ3v) is 4.34. The van der Waals surface area contributed by atoms with Gasteiger partial charge in [-0.3, -0.25) is 0 Å². The first-order chi connectivity index (χ1) is 4.68. The lowest BCUT2D eigenvalue weighted by atomic mass is 9.59. The van der Waals surface area contributed by atoms with Crippen LogP contribution in [0.4, 0.5) is 0 Å². The van der Waals surface area contributed by atoms with E-state index < -0.39 is 0 Å². The van der Waals surface area contributed by atoms with Crippen molar-refractivity contribution in [1.29, 1.82) is 0 Å². The molecule has 0 aromatic rings. The Morgan fingerprint density at radius 2 is 2.20 bits per heavy atom. The van der Waals surface area contributed by atoms with Gasteiger partial charge in [0.25, 0.3) is 0 Å². The van der Waals surface area contributed by atoms with Crippen molar-refractivity contribution in [2.45, 2.75) is 40.0 Å². The molecule has 0 saturated heterocycles. The van der Waals surface area contributed by atoms with E-state index in [0.717, 1.165) is 23.2 Å². The standard InChI is InChI=1S/C10H18/c1-4-9-8-5-7(2)10(9,3)6-8/h7-9H,4-6H2,1-3H3. The first-order valence-corrected chi connectivity index (χ1v) is 4.68. The van der Waals surface area contributed by atoms with Gasteiger partial charge in [0.2, 0.25) is 0 Å². The van der Waals surface area contributed by atoms with E-state index in [2.05, 4.69) is 20.8 Å². The van der Waals surface area contributed by atoms with Crippen molar-refractivity contribution in [3.63, 3.8) is 0 Å². The number of hydrogen-bond acceptors (Lipinski definition) is 0. The van der Waals surface area contributed by atoms with Crippen LogP contribution >= 0.6 is 0 Å². The number of rotatable bonds is 1. The van der Waals surface area contributed by atoms with Crippen molar-refractivity contribution in [1.82, 2.24) is 0 Å². The molecule has 3 aliphatic carbocycles. The van der Waals surface area contributed by atoms with Gasteiger partial charge in [-0.2, -0.15) is 0 Å². The molecule has 0 aliphatic heterocycles. The molecular formula is C10H18. The molecule has 0 aromatic heterocycles. The van der Waals surface area contributed by atoms with Crippen LogP contribution in [0.15, 0.2) is 0 Å². The van der Waals surface area contributed by atoms with Gasteiger partial charge in [-0.25, -0.2) is 0 Å². The quantitative estimate of drug-likeness (QED) is 0.522. The molecule has 0 spiro atoms. The van der Waals surface area contributed by atoms with Crippen LogP contribution < -0.4 is 0 Å². The van der Waals surface area contributed by atoms with Gasteiger partial charge < -0.3 is 0 Å². The molecule has 58 valence electrons. The summed E-state index contributed by atoms with van der Waals surface area (Å²) in [6.45, 7) is 7.29. The summed E-state index contributed by atoms with van der Waals surface area (Å²) < 4.78 is 0. The second-order valence-electron chi connectivity index (χ2n) is 4.62. The molecular weight excluding hydrogens is 120 g/mol. The number of fused-ring (bicyclic) bond motifs is 1. The van der Waals surface area contributed by atoms with E-state index in [1.807, 2.05) is 0 Å². The van der Waals surface area contributed by atoms with Crippen molar-refractivity contribution >= 4 is 0 Å². The fraction of sp³-hybridized carbons (Fsp3) is 1.00. The fourth-order valence-electron chi connectivity index (χ4n) is 3.57. The maximum atomic E-state index is 2.50. The molecule has 4 atom stereocenters. The molecule has 0 amide bonds. The Balaban J connectivity index is 2.17. The van der Waals surface area contributed by atoms with Crippen LogP contribution in [0.2, 0.25) is 0 Å². The summed E-state index contributed by atoms with van der Waals surface area (Å²) in [5, 5.41) is 0. The van der Waals surface area contributed by atoms with Crippen LogP contribution in [-0.2, 0) is 0 Å². The zero-order valence-electron chi connectivity index (χ0n) is 7.35. The van der Waals surface area contributed by atoms with Crippen LogP contribution in [0.3, 0.4) is 0 Å². The Hall–Kier alpha value is 0. The lowest BCUT2D eigenvalue weighted by Crippen LogP contribution is -2.39. The Morgan fingerprint density at radius 3 is 2.40 bits per heavy atom. The van der Waals surface area contributed by atoms with Crippen LogP contribution in [0.25, 0.3) is 0 Å². The van der Waals surface area contributed by atoms with Crippen LogP contribution in [0.1, 0.15) is 40.0 Å². The van der Waals surface area contributed by atoms with Crippen LogP contribution in [-0.4, -0.2) is 0 Å². The molecule has 2 bridgehead atoms. The second kappa shape index (κ2) is 1.78. The second-order valence-corrected chi connectivity index (χ2v) is 4.62. The van der Waals surface area contributed by atoms with E-state index >= 15 is 0 Å². The molecule has 3 aliphatic rings. The van der Waals surface area contributed by atoms with Crippen LogP contribution in [0.5, 0.6) is 0 Å². The van der Waals surface area contributed by atoms with E-state index in [1.54, 1.807) is 0 Å². The van der Waals surface area contributed by atoms with Gasteiger partial charge in [-0.05, 0) is 36.0 Å². The average molecular weight is 138 g/mol. The molecule has 0 N–H and O–H groups in total. The summed E-state index contributed by atoms with van der Waals surface area (Å²) in [4.78, 5) is 0. The summed E-state index contributed by atoms with van der Waals surface area (Å²) in [6, 6.07) is 0. The first kappa shape index (κ1) is 6.69. The number of hydrogen-bond donors (Lipinski definition) is 0. The molecule has 0 heteroatoms. The maximum Gasteiger partial charge on any atom is -0.0266 e. The highest BCUT2D eigenvalue weighted by atomic mass is 14.6. The molecule has 3 saturated carbocycles. The molecule has 0 radical (unpaired) electrons. The zero-order chi connectivity index (χ0) is 7.35. The summed E-state index contributed by atoms with van der Waals surface area (Å²) in [5.74, 6) is 3.22. The molecule has 0 aromatic carbocycles. The Morgan fingerprint density at radius 1 is 1.50 bits per heavy atom. The molecule has 0 nitrogen and oxygen atoms in total. The first-order valence-electron chi connectivity index (χ1n) is 4.68. The Kier molecular flexibility index (Phi) is 1.19. The summed E-state index contributed by atoms with van der Waals surface area (Å²) in [5.41, 5.74) is 0.763. The van der Waals surface area contributed by atoms with E-state index in [9.17, 15) is 0 Å². The molecule has 4 unspecified atom stereocenters. The van der Waals surface area contributed by atoms with Crippen molar-refractivity contribution in [3.8, 4) is 0 Å². The average Bonchev–Trinajstić information content (AvgIpc) is 2.21. The Labute approximate surface area is 64.0 Å². The van der Waals surface area contributed by atoms with Crippen molar-refractivity contribution in [3.05, 3.63) is 0 Å². The van der Waals surface area contributed by atoms with Gasteiger partial charge in [0.1, 0.15) is 0 Å². The third kappa shape index (κ3) is 0.538. The topological polar surface area (TPSA) is 0 Å². The van der Waals surface area contributed by atoms with Crippen molar-refractivity contribution < 1.29 is 0 Å².